The monoisotopic (exact) mass is 454 g/mol. The van der Waals surface area contributed by atoms with Crippen LogP contribution in [-0.2, 0) is 9.53 Å². The number of aromatic nitrogens is 1. The van der Waals surface area contributed by atoms with E-state index in [1.165, 1.54) is 18.4 Å². The molecule has 32 heavy (non-hydrogen) atoms. The molecule has 1 aromatic carbocycles. The van der Waals surface area contributed by atoms with Gasteiger partial charge >= 0.3 is 5.97 Å². The quantitative estimate of drug-likeness (QED) is 0.578. The first-order valence-corrected chi connectivity index (χ1v) is 11.3. The van der Waals surface area contributed by atoms with Gasteiger partial charge in [0.1, 0.15) is 10.7 Å². The summed E-state index contributed by atoms with van der Waals surface area (Å²) in [7, 11) is 1.33. The van der Waals surface area contributed by atoms with Crippen LogP contribution in [0.5, 0.6) is 0 Å². The number of hydrogen-bond acceptors (Lipinski definition) is 6. The molecule has 2 amide bonds. The lowest BCUT2D eigenvalue weighted by Crippen LogP contribution is -2.50. The van der Waals surface area contributed by atoms with Gasteiger partial charge in [0.25, 0.3) is 5.91 Å². The molecule has 1 aliphatic heterocycles. The number of nitrogens with one attached hydrogen (secondary N) is 2. The van der Waals surface area contributed by atoms with Crippen LogP contribution < -0.4 is 5.32 Å². The zero-order valence-corrected chi connectivity index (χ0v) is 19.2. The highest BCUT2D eigenvalue weighted by atomic mass is 32.1. The Morgan fingerprint density at radius 1 is 1.12 bits per heavy atom. The van der Waals surface area contributed by atoms with Gasteiger partial charge in [0.05, 0.1) is 19.2 Å². The molecule has 0 spiro atoms. The third-order valence-electron chi connectivity index (χ3n) is 5.81. The lowest BCUT2D eigenvalue weighted by atomic mass is 10.1. The summed E-state index contributed by atoms with van der Waals surface area (Å²) >= 11 is 1.37. The number of nitrogens with zero attached hydrogens (tertiary/aromatic N) is 2. The minimum Gasteiger partial charge on any atom is -0.465 e. The Morgan fingerprint density at radius 2 is 1.84 bits per heavy atom. The average Bonchev–Trinajstić information content (AvgIpc) is 3.34. The molecule has 0 saturated carbocycles. The maximum absolute atomic E-state index is 12.9. The van der Waals surface area contributed by atoms with Crippen molar-refractivity contribution in [1.82, 2.24) is 14.8 Å². The molecule has 4 rings (SSSR count). The fourth-order valence-corrected chi connectivity index (χ4v) is 4.96. The summed E-state index contributed by atoms with van der Waals surface area (Å²) in [5.74, 6) is -0.671. The number of aryl methyl sites for hydroxylation is 1. The summed E-state index contributed by atoms with van der Waals surface area (Å²) in [5.41, 5.74) is 2.76. The molecular weight excluding hydrogens is 428 g/mol. The van der Waals surface area contributed by atoms with E-state index < -0.39 is 5.97 Å². The van der Waals surface area contributed by atoms with E-state index in [0.717, 1.165) is 21.3 Å². The zero-order chi connectivity index (χ0) is 22.8. The normalized spacial score (nSPS) is 14.5. The Balaban J connectivity index is 1.33. The minimum atomic E-state index is -0.453. The van der Waals surface area contributed by atoms with Crippen molar-refractivity contribution in [2.45, 2.75) is 13.8 Å². The standard InChI is InChI=1S/C23H26N4O4S/c1-14-15(2)32-21(20(14)23(30)31-3)25-19(28)13-26-8-10-27(11-9-26)22(29)18-12-16-6-4-5-7-17(16)24-18/h4-7,12,24H,8-11,13H2,1-3H3,(H,25,28). The molecule has 2 N–H and O–H groups in total. The van der Waals surface area contributed by atoms with Crippen molar-refractivity contribution in [3.8, 4) is 0 Å². The molecule has 1 saturated heterocycles. The van der Waals surface area contributed by atoms with E-state index in [1.54, 1.807) is 4.90 Å². The number of para-hydroxylation sites is 1. The predicted octanol–water partition coefficient (Wildman–Crippen LogP) is 3.03. The second-order valence-electron chi connectivity index (χ2n) is 7.87. The number of piperazine rings is 1. The Hall–Kier alpha value is -3.17. The van der Waals surface area contributed by atoms with Gasteiger partial charge in [-0.15, -0.1) is 11.3 Å². The largest absolute Gasteiger partial charge is 0.465 e. The lowest BCUT2D eigenvalue weighted by molar-refractivity contribution is -0.117. The first-order chi connectivity index (χ1) is 15.4. The highest BCUT2D eigenvalue weighted by Crippen LogP contribution is 2.33. The number of H-pyrrole nitrogens is 1. The van der Waals surface area contributed by atoms with E-state index in [4.69, 9.17) is 4.74 Å². The smallest absolute Gasteiger partial charge is 0.341 e. The molecular formula is C23H26N4O4S. The molecule has 3 heterocycles. The fraction of sp³-hybridized carbons (Fsp3) is 0.348. The molecule has 0 aliphatic carbocycles. The number of amides is 2. The fourth-order valence-electron chi connectivity index (χ4n) is 3.90. The first kappa shape index (κ1) is 22.0. The third-order valence-corrected chi connectivity index (χ3v) is 6.94. The van der Waals surface area contributed by atoms with Gasteiger partial charge in [-0.1, -0.05) is 18.2 Å². The summed E-state index contributed by atoms with van der Waals surface area (Å²) in [4.78, 5) is 45.5. The number of fused-ring (bicyclic) bond motifs is 1. The summed E-state index contributed by atoms with van der Waals surface area (Å²) in [5, 5.41) is 4.39. The number of methoxy groups -OCH3 is 1. The van der Waals surface area contributed by atoms with Crippen LogP contribution in [-0.4, -0.2) is 72.4 Å². The number of rotatable bonds is 5. The van der Waals surface area contributed by atoms with E-state index in [9.17, 15) is 14.4 Å². The number of carbonyl (C=O) groups excluding carboxylic acids is 3. The molecule has 3 aromatic rings. The molecule has 0 radical (unpaired) electrons. The molecule has 1 aliphatic rings. The number of benzene rings is 1. The SMILES string of the molecule is COC(=O)c1c(NC(=O)CN2CCN(C(=O)c3cc4ccccc4[nH]3)CC2)sc(C)c1C. The lowest BCUT2D eigenvalue weighted by Gasteiger charge is -2.34. The number of esters is 1. The maximum atomic E-state index is 12.9. The van der Waals surface area contributed by atoms with Crippen LogP contribution in [0, 0.1) is 13.8 Å². The van der Waals surface area contributed by atoms with Crippen LogP contribution in [0.15, 0.2) is 30.3 Å². The van der Waals surface area contributed by atoms with Gasteiger partial charge in [-0.25, -0.2) is 4.79 Å². The van der Waals surface area contributed by atoms with Crippen LogP contribution >= 0.6 is 11.3 Å². The van der Waals surface area contributed by atoms with E-state index in [0.29, 0.717) is 42.4 Å². The summed E-state index contributed by atoms with van der Waals surface area (Å²) in [6.07, 6.45) is 0. The molecule has 0 unspecified atom stereocenters. The number of ether oxygens (including phenoxy) is 1. The number of carbonyl (C=O) groups is 3. The van der Waals surface area contributed by atoms with Crippen LogP contribution in [0.4, 0.5) is 5.00 Å². The first-order valence-electron chi connectivity index (χ1n) is 10.4. The Bertz CT molecular complexity index is 1140. The van der Waals surface area contributed by atoms with Gasteiger partial charge in [-0.2, -0.15) is 0 Å². The van der Waals surface area contributed by atoms with Crippen molar-refractivity contribution in [3.05, 3.63) is 52.0 Å². The summed E-state index contributed by atoms with van der Waals surface area (Å²) in [6.45, 7) is 6.25. The topological polar surface area (TPSA) is 94.7 Å². The molecule has 2 aromatic heterocycles. The van der Waals surface area contributed by atoms with Crippen molar-refractivity contribution >= 4 is 45.0 Å². The van der Waals surface area contributed by atoms with Crippen molar-refractivity contribution < 1.29 is 19.1 Å². The van der Waals surface area contributed by atoms with Gasteiger partial charge in [0.15, 0.2) is 0 Å². The number of aromatic amines is 1. The van der Waals surface area contributed by atoms with E-state index in [-0.39, 0.29) is 18.4 Å². The van der Waals surface area contributed by atoms with Gasteiger partial charge in [-0.05, 0) is 31.5 Å². The van der Waals surface area contributed by atoms with Crippen molar-refractivity contribution in [1.29, 1.82) is 0 Å². The third kappa shape index (κ3) is 4.39. The highest BCUT2D eigenvalue weighted by Gasteiger charge is 2.26. The molecule has 1 fully saturated rings. The molecule has 0 atom stereocenters. The molecule has 168 valence electrons. The van der Waals surface area contributed by atoms with Crippen molar-refractivity contribution in [2.75, 3.05) is 45.2 Å². The van der Waals surface area contributed by atoms with Gasteiger partial charge in [-0.3, -0.25) is 14.5 Å². The Morgan fingerprint density at radius 3 is 2.53 bits per heavy atom. The van der Waals surface area contributed by atoms with Crippen molar-refractivity contribution in [2.24, 2.45) is 0 Å². The average molecular weight is 455 g/mol. The summed E-state index contributed by atoms with van der Waals surface area (Å²) < 4.78 is 4.86. The summed E-state index contributed by atoms with van der Waals surface area (Å²) in [6, 6.07) is 9.68. The van der Waals surface area contributed by atoms with Gasteiger partial charge < -0.3 is 19.9 Å². The Labute approximate surface area is 190 Å². The van der Waals surface area contributed by atoms with Gasteiger partial charge in [0.2, 0.25) is 5.91 Å². The molecule has 0 bridgehead atoms. The van der Waals surface area contributed by atoms with Crippen molar-refractivity contribution in [3.63, 3.8) is 0 Å². The van der Waals surface area contributed by atoms with E-state index in [2.05, 4.69) is 10.3 Å². The van der Waals surface area contributed by atoms with E-state index >= 15 is 0 Å². The van der Waals surface area contributed by atoms with Crippen LogP contribution in [0.3, 0.4) is 0 Å². The number of anilines is 1. The van der Waals surface area contributed by atoms with Crippen LogP contribution in [0.25, 0.3) is 10.9 Å². The van der Waals surface area contributed by atoms with Gasteiger partial charge in [0, 0.05) is 42.0 Å². The van der Waals surface area contributed by atoms with E-state index in [1.807, 2.05) is 49.1 Å². The molecule has 8 nitrogen and oxygen atoms in total. The highest BCUT2D eigenvalue weighted by molar-refractivity contribution is 7.16. The zero-order valence-electron chi connectivity index (χ0n) is 18.4. The minimum absolute atomic E-state index is 0.0300. The number of hydrogen-bond donors (Lipinski definition) is 2. The second-order valence-corrected chi connectivity index (χ2v) is 9.09. The Kier molecular flexibility index (Phi) is 6.29. The van der Waals surface area contributed by atoms with Crippen LogP contribution in [0.2, 0.25) is 0 Å². The maximum Gasteiger partial charge on any atom is 0.341 e. The van der Waals surface area contributed by atoms with Crippen LogP contribution in [0.1, 0.15) is 31.3 Å². The second kappa shape index (κ2) is 9.13. The number of thiophene rings is 1. The molecule has 9 heteroatoms. The predicted molar refractivity (Wildman–Crippen MR) is 124 cm³/mol.